The van der Waals surface area contributed by atoms with Gasteiger partial charge in [0.25, 0.3) is 0 Å². The summed E-state index contributed by atoms with van der Waals surface area (Å²) >= 11 is 0. The predicted octanol–water partition coefficient (Wildman–Crippen LogP) is 19.2. The minimum absolute atomic E-state index is 0.217. The van der Waals surface area contributed by atoms with E-state index in [4.69, 9.17) is 14.2 Å². The molecule has 0 amide bonds. The monoisotopic (exact) mass is 988 g/mol. The van der Waals surface area contributed by atoms with Gasteiger partial charge in [-0.15, -0.1) is 0 Å². The largest absolute Gasteiger partial charge is 0.482 e. The number of esters is 1. The van der Waals surface area contributed by atoms with Gasteiger partial charge in [0.15, 0.2) is 18.1 Å². The molecule has 340 valence electrons. The Kier molecular flexibility index (Phi) is 2.93. The van der Waals surface area contributed by atoms with Gasteiger partial charge in [-0.05, 0) is 337 Å². The van der Waals surface area contributed by atoms with E-state index in [0.29, 0.717) is 11.5 Å². The number of benzene rings is 20. The van der Waals surface area contributed by atoms with Crippen LogP contribution in [0, 0.1) is 0 Å². The average molecular weight is 989 g/mol. The molecule has 0 heterocycles. The molecule has 5 aliphatic rings. The average Bonchev–Trinajstić information content (AvgIpc) is 1.41. The van der Waals surface area contributed by atoms with Crippen LogP contribution in [0.3, 0.4) is 0 Å². The van der Waals surface area contributed by atoms with Gasteiger partial charge in [0.1, 0.15) is 22.3 Å². The van der Waals surface area contributed by atoms with Gasteiger partial charge in [0.2, 0.25) is 0 Å². The van der Waals surface area contributed by atoms with E-state index in [1.165, 1.54) is 162 Å². The van der Waals surface area contributed by atoms with Crippen molar-refractivity contribution in [3.63, 3.8) is 0 Å². The molecule has 80 heavy (non-hydrogen) atoms. The van der Waals surface area contributed by atoms with Crippen molar-refractivity contribution in [2.45, 2.75) is 10.8 Å². The first kappa shape index (κ1) is 31.2. The molecule has 0 aliphatic heterocycles. The molecule has 0 radical (unpaired) electrons. The molecule has 5 aliphatic carbocycles. The lowest BCUT2D eigenvalue weighted by Gasteiger charge is -2.61. The van der Waals surface area contributed by atoms with Crippen molar-refractivity contribution in [2.24, 2.45) is 0 Å². The van der Waals surface area contributed by atoms with E-state index in [1.54, 1.807) is 151 Å². The SMILES string of the molecule is O=C(COc1ccccc1)OC1=C(Oc2ccccc2)C23c4c5c6c7c8c9c(c%10c%11c2c2c4c4c%12c5c5c6c6c8c8c%13c9c9c%10c%10c%11c%11c2c2c4c4c%12c%12c5c5c6c8c6c8c%13c9c9c%10c%10c%11c2c2c4c4c%12c5c6c5c8c9c%10c2c45)C173. The third kappa shape index (κ3) is 1.81. The molecule has 2 spiro atoms. The molecule has 30 aromatic carbocycles. The number of carbonyl (C=O) groups is 1. The molecule has 35 rings (SSSR count). The molecular weight excluding hydrogens is 977 g/mol. The first-order chi connectivity index (χ1) is 39.8. The third-order valence-electron chi connectivity index (χ3n) is 26.5. The molecule has 0 saturated carbocycles. The van der Waals surface area contributed by atoms with Gasteiger partial charge in [-0.2, -0.15) is 0 Å². The van der Waals surface area contributed by atoms with Crippen molar-refractivity contribution >= 4 is 297 Å². The first-order valence-corrected chi connectivity index (χ1v) is 28.9. The Morgan fingerprint density at radius 1 is 0.250 bits per heavy atom. The summed E-state index contributed by atoms with van der Waals surface area (Å²) in [6.45, 7) is -0.217. The van der Waals surface area contributed by atoms with Gasteiger partial charge in [-0.1, -0.05) is 36.4 Å². The summed E-state index contributed by atoms with van der Waals surface area (Å²) in [4.78, 5) is 15.5. The van der Waals surface area contributed by atoms with Gasteiger partial charge < -0.3 is 14.2 Å². The second kappa shape index (κ2) is 7.52. The van der Waals surface area contributed by atoms with Crippen LogP contribution in [-0.4, -0.2) is 12.6 Å². The minimum Gasteiger partial charge on any atom is -0.482 e. The highest BCUT2D eigenvalue weighted by Gasteiger charge is 2.81. The quantitative estimate of drug-likeness (QED) is 0.123. The molecule has 0 N–H and O–H groups in total. The maximum absolute atomic E-state index is 15.5. The molecule has 0 unspecified atom stereocenters. The number of carbonyl (C=O) groups excluding carboxylic acids is 1. The van der Waals surface area contributed by atoms with Crippen molar-refractivity contribution in [3.8, 4) is 11.5 Å². The number of para-hydroxylation sites is 2. The Balaban J connectivity index is 1.00. The summed E-state index contributed by atoms with van der Waals surface area (Å²) in [5.74, 6) is 2.50. The predicted molar refractivity (Wildman–Crippen MR) is 326 cm³/mol. The Morgan fingerprint density at radius 3 is 0.688 bits per heavy atom. The van der Waals surface area contributed by atoms with Crippen LogP contribution in [0.25, 0.3) is 291 Å². The highest BCUT2D eigenvalue weighted by atomic mass is 16.6. The summed E-state index contributed by atoms with van der Waals surface area (Å²) in [5.41, 5.74) is 3.94. The number of ether oxygens (including phenoxy) is 3. The Bertz CT molecular complexity index is 7820. The molecule has 30 aromatic rings. The number of hydrogen-bond acceptors (Lipinski definition) is 4. The van der Waals surface area contributed by atoms with Gasteiger partial charge in [0, 0.05) is 0 Å². The van der Waals surface area contributed by atoms with Crippen LogP contribution >= 0.6 is 0 Å². The zero-order chi connectivity index (χ0) is 48.3. The van der Waals surface area contributed by atoms with Crippen LogP contribution in [0.15, 0.2) is 72.2 Å². The van der Waals surface area contributed by atoms with Crippen LogP contribution in [0.5, 0.6) is 11.5 Å². The zero-order valence-corrected chi connectivity index (χ0v) is 40.6. The Labute approximate surface area is 436 Å². The molecule has 0 bridgehead atoms. The van der Waals surface area contributed by atoms with Gasteiger partial charge >= 0.3 is 5.97 Å². The lowest BCUT2D eigenvalue weighted by molar-refractivity contribution is -0.144. The summed E-state index contributed by atoms with van der Waals surface area (Å²) in [6.07, 6.45) is 0. The Morgan fingerprint density at radius 2 is 0.450 bits per heavy atom. The summed E-state index contributed by atoms with van der Waals surface area (Å²) in [7, 11) is 0. The lowest BCUT2D eigenvalue weighted by atomic mass is 9.40. The molecular formula is C76H12O4. The summed E-state index contributed by atoms with van der Waals surface area (Å²) < 4.78 is 21.8. The van der Waals surface area contributed by atoms with E-state index in [9.17, 15) is 0 Å². The van der Waals surface area contributed by atoms with Crippen molar-refractivity contribution in [2.75, 3.05) is 6.61 Å². The topological polar surface area (TPSA) is 44.8 Å². The van der Waals surface area contributed by atoms with Crippen molar-refractivity contribution < 1.29 is 19.0 Å². The molecule has 0 fully saturated rings. The van der Waals surface area contributed by atoms with E-state index in [-0.39, 0.29) is 6.61 Å². The van der Waals surface area contributed by atoms with Crippen LogP contribution in [0.1, 0.15) is 22.3 Å². The highest BCUT2D eigenvalue weighted by molar-refractivity contribution is 6.82. The summed E-state index contributed by atoms with van der Waals surface area (Å²) in [6, 6.07) is 20.2. The Hall–Kier alpha value is -10.3. The normalized spacial score (nSPS) is 20.9. The van der Waals surface area contributed by atoms with E-state index < -0.39 is 16.8 Å². The first-order valence-electron chi connectivity index (χ1n) is 28.9. The third-order valence-corrected chi connectivity index (χ3v) is 26.5. The zero-order valence-electron chi connectivity index (χ0n) is 40.6. The van der Waals surface area contributed by atoms with E-state index in [1.807, 2.05) is 30.3 Å². The molecule has 0 atom stereocenters. The maximum Gasteiger partial charge on any atom is 0.349 e. The minimum atomic E-state index is -0.912. The second-order valence-corrected chi connectivity index (χ2v) is 27.4. The van der Waals surface area contributed by atoms with E-state index in [0.717, 1.165) is 11.5 Å². The van der Waals surface area contributed by atoms with Crippen LogP contribution in [-0.2, 0) is 20.4 Å². The van der Waals surface area contributed by atoms with Gasteiger partial charge in [-0.3, -0.25) is 0 Å². The maximum atomic E-state index is 15.5. The fourth-order valence-electron chi connectivity index (χ4n) is 26.0. The van der Waals surface area contributed by atoms with Crippen molar-refractivity contribution in [1.82, 2.24) is 0 Å². The fraction of sp³-hybridized carbons (Fsp3) is 0.0395. The van der Waals surface area contributed by atoms with Crippen LogP contribution < -0.4 is 9.47 Å². The van der Waals surface area contributed by atoms with Gasteiger partial charge in [0.05, 0.1) is 0 Å². The highest BCUT2D eigenvalue weighted by Crippen LogP contribution is 2.88. The van der Waals surface area contributed by atoms with Crippen molar-refractivity contribution in [3.05, 3.63) is 94.4 Å². The molecule has 4 heteroatoms. The van der Waals surface area contributed by atoms with Gasteiger partial charge in [-0.25, -0.2) is 4.79 Å². The number of rotatable bonds is 6. The molecule has 0 saturated heterocycles. The standard InChI is InChI=1S/C76H12O4/c77-14(11-78-12-7-3-1-4-8-12)80-74-73(79-13-9-5-2-6-10-13)75-69-61-53-43-33-25-17-15-16-19-23-21(17)29-37-31(23)41-35-27(19)28-20(16)24-22-18(15)26(25)34-40-30(22)38-32(24)42-36(28)46-45(35)55-49(41)59-51(37)57(47(53)39(29)33)65(69)67(59)71-63(55)64-56(46)50(42)60-52(38)58-48(40)54(44(34)43)62(61)70(75)66(58)68(60)72(64)76(71,74)75/h1-10H,11H2. The van der Waals surface area contributed by atoms with Crippen LogP contribution in [0.4, 0.5) is 0 Å². The second-order valence-electron chi connectivity index (χ2n) is 27.4. The van der Waals surface area contributed by atoms with E-state index in [2.05, 4.69) is 30.3 Å². The fourth-order valence-corrected chi connectivity index (χ4v) is 26.0. The van der Waals surface area contributed by atoms with Crippen LogP contribution in [0.2, 0.25) is 0 Å². The smallest absolute Gasteiger partial charge is 0.349 e. The lowest BCUT2D eigenvalue weighted by Crippen LogP contribution is -2.64. The number of hydrogen-bond donors (Lipinski definition) is 0. The van der Waals surface area contributed by atoms with Crippen molar-refractivity contribution in [1.29, 1.82) is 0 Å². The number of allylic oxidation sites excluding steroid dienone is 2. The summed E-state index contributed by atoms with van der Waals surface area (Å²) in [5, 5.41) is 82.8. The molecule has 4 nitrogen and oxygen atoms in total. The van der Waals surface area contributed by atoms with E-state index >= 15 is 4.79 Å². The molecule has 0 aromatic heterocycles.